The third-order valence-electron chi connectivity index (χ3n) is 2.55. The smallest absolute Gasteiger partial charge is 0.203 e. The summed E-state index contributed by atoms with van der Waals surface area (Å²) < 4.78 is 175. The Labute approximate surface area is 117 Å². The zero-order chi connectivity index (χ0) is 19.3. The van der Waals surface area contributed by atoms with Gasteiger partial charge in [0.15, 0.2) is 0 Å². The highest BCUT2D eigenvalue weighted by atomic mass is 19.4. The van der Waals surface area contributed by atoms with E-state index in [-0.39, 0.29) is 0 Å². The Balaban J connectivity index is 6.34. The number of allylic oxidation sites excluding steroid dienone is 1. The van der Waals surface area contributed by atoms with Gasteiger partial charge in [-0.25, -0.2) is 8.78 Å². The predicted molar refractivity (Wildman–Crippen MR) is 45.9 cm³/mol. The van der Waals surface area contributed by atoms with Gasteiger partial charge in [-0.2, -0.15) is 52.7 Å². The van der Waals surface area contributed by atoms with Crippen molar-refractivity contribution in [3.05, 3.63) is 12.7 Å². The SMILES string of the molecule is C=CC(F)(F)C(F)(F)C(F)(F)C(F)(F)C(F)(F)C(F)(F)C(F)F. The average Bonchev–Trinajstić information content (AvgIpc) is 2.37. The molecule has 0 saturated heterocycles. The highest BCUT2D eigenvalue weighted by molar-refractivity contribution is 5.15. The van der Waals surface area contributed by atoms with E-state index >= 15 is 0 Å². The van der Waals surface area contributed by atoms with Crippen molar-refractivity contribution in [3.8, 4) is 0 Å². The van der Waals surface area contributed by atoms with Crippen LogP contribution in [-0.4, -0.2) is 42.0 Å². The van der Waals surface area contributed by atoms with E-state index in [9.17, 15) is 61.5 Å². The van der Waals surface area contributed by atoms with Crippen molar-refractivity contribution in [1.29, 1.82) is 0 Å². The van der Waals surface area contributed by atoms with Crippen LogP contribution in [0.25, 0.3) is 0 Å². The molecule has 0 aliphatic heterocycles. The summed E-state index contributed by atoms with van der Waals surface area (Å²) in [6.07, 6.45) is -7.02. The van der Waals surface area contributed by atoms with Crippen LogP contribution in [0.3, 0.4) is 0 Å². The van der Waals surface area contributed by atoms with Crippen molar-refractivity contribution in [2.24, 2.45) is 0 Å². The summed E-state index contributed by atoms with van der Waals surface area (Å²) in [5.41, 5.74) is 0. The molecule has 0 spiro atoms. The van der Waals surface area contributed by atoms with Crippen molar-refractivity contribution < 1.29 is 61.5 Å². The van der Waals surface area contributed by atoms with E-state index in [1.807, 2.05) is 6.58 Å². The van der Waals surface area contributed by atoms with Crippen molar-refractivity contribution in [3.63, 3.8) is 0 Å². The molecule has 0 fully saturated rings. The van der Waals surface area contributed by atoms with Crippen LogP contribution in [-0.2, 0) is 0 Å². The topological polar surface area (TPSA) is 0 Å². The van der Waals surface area contributed by atoms with Gasteiger partial charge in [-0.3, -0.25) is 0 Å². The minimum absolute atomic E-state index is 1.33. The summed E-state index contributed by atoms with van der Waals surface area (Å²) in [6.45, 7) is 1.87. The van der Waals surface area contributed by atoms with Crippen LogP contribution in [0, 0.1) is 0 Å². The number of alkyl halides is 14. The number of hydrogen-bond acceptors (Lipinski definition) is 0. The molecule has 0 rings (SSSR count). The second-order valence-electron chi connectivity index (χ2n) is 4.05. The first-order valence-corrected chi connectivity index (χ1v) is 4.94. The fraction of sp³-hybridized carbons (Fsp3) is 0.778. The standard InChI is InChI=1S/C9H4F14/c1-2-4(12,13)6(16,17)8(20,21)9(22,23)7(18,19)5(14,15)3(10)11/h2-3H,1H2. The molecule has 23 heavy (non-hydrogen) atoms. The van der Waals surface area contributed by atoms with Gasteiger partial charge in [0.05, 0.1) is 0 Å². The lowest BCUT2D eigenvalue weighted by atomic mass is 9.91. The summed E-state index contributed by atoms with van der Waals surface area (Å²) in [4.78, 5) is 0. The molecular weight excluding hydrogens is 374 g/mol. The van der Waals surface area contributed by atoms with Crippen molar-refractivity contribution >= 4 is 0 Å². The molecule has 0 aliphatic carbocycles. The Kier molecular flexibility index (Phi) is 5.10. The molecule has 0 saturated carbocycles. The first-order valence-electron chi connectivity index (χ1n) is 4.94. The van der Waals surface area contributed by atoms with E-state index in [4.69, 9.17) is 0 Å². The third kappa shape index (κ3) is 2.62. The van der Waals surface area contributed by atoms with Crippen LogP contribution in [0.4, 0.5) is 61.5 Å². The lowest BCUT2D eigenvalue weighted by Gasteiger charge is -2.40. The van der Waals surface area contributed by atoms with Gasteiger partial charge < -0.3 is 0 Å². The second kappa shape index (κ2) is 5.40. The molecule has 0 aromatic heterocycles. The minimum Gasteiger partial charge on any atom is -0.203 e. The maximum absolute atomic E-state index is 12.9. The van der Waals surface area contributed by atoms with Crippen LogP contribution < -0.4 is 0 Å². The molecule has 0 amide bonds. The lowest BCUT2D eigenvalue weighted by molar-refractivity contribution is -0.428. The van der Waals surface area contributed by atoms with Crippen LogP contribution in [0.5, 0.6) is 0 Å². The highest BCUT2D eigenvalue weighted by Crippen LogP contribution is 2.60. The molecule has 0 heterocycles. The van der Waals surface area contributed by atoms with Gasteiger partial charge in [-0.1, -0.05) is 6.58 Å². The van der Waals surface area contributed by atoms with Crippen LogP contribution in [0.2, 0.25) is 0 Å². The van der Waals surface area contributed by atoms with Crippen molar-refractivity contribution in [2.75, 3.05) is 0 Å². The van der Waals surface area contributed by atoms with Gasteiger partial charge in [-0.05, 0) is 6.08 Å². The Hall–Kier alpha value is -1.24. The van der Waals surface area contributed by atoms with Gasteiger partial charge in [0.25, 0.3) is 0 Å². The van der Waals surface area contributed by atoms with E-state index < -0.39 is 48.0 Å². The quantitative estimate of drug-likeness (QED) is 0.420. The van der Waals surface area contributed by atoms with Crippen LogP contribution in [0.15, 0.2) is 12.7 Å². The molecule has 14 heteroatoms. The first-order chi connectivity index (χ1) is 9.75. The fourth-order valence-electron chi connectivity index (χ4n) is 1.08. The van der Waals surface area contributed by atoms with Gasteiger partial charge in [0.1, 0.15) is 0 Å². The molecular formula is C9H4F14. The minimum atomic E-state index is -7.98. The van der Waals surface area contributed by atoms with Gasteiger partial charge in [-0.15, -0.1) is 0 Å². The number of rotatable bonds is 7. The monoisotopic (exact) mass is 378 g/mol. The largest absolute Gasteiger partial charge is 0.385 e. The molecule has 138 valence electrons. The third-order valence-corrected chi connectivity index (χ3v) is 2.55. The lowest BCUT2D eigenvalue weighted by Crippen LogP contribution is -2.71. The van der Waals surface area contributed by atoms with Crippen molar-refractivity contribution in [1.82, 2.24) is 0 Å². The fourth-order valence-corrected chi connectivity index (χ4v) is 1.08. The van der Waals surface area contributed by atoms with Gasteiger partial charge in [0.2, 0.25) is 0 Å². The molecule has 0 atom stereocenters. The van der Waals surface area contributed by atoms with E-state index in [0.29, 0.717) is 0 Å². The summed E-state index contributed by atoms with van der Waals surface area (Å²) in [5, 5.41) is 0. The number of hydrogen-bond donors (Lipinski definition) is 0. The van der Waals surface area contributed by atoms with Crippen LogP contribution in [0.1, 0.15) is 0 Å². The predicted octanol–water partition coefficient (Wildman–Crippen LogP) is 5.25. The Morgan fingerprint density at radius 3 is 1.13 bits per heavy atom. The Morgan fingerprint density at radius 2 is 0.870 bits per heavy atom. The molecule has 0 nitrogen and oxygen atoms in total. The van der Waals surface area contributed by atoms with E-state index in [1.165, 1.54) is 0 Å². The maximum atomic E-state index is 12.9. The molecule has 0 radical (unpaired) electrons. The summed E-state index contributed by atoms with van der Waals surface area (Å²) in [7, 11) is 0. The highest BCUT2D eigenvalue weighted by Gasteiger charge is 2.90. The molecule has 0 aliphatic rings. The average molecular weight is 378 g/mol. The maximum Gasteiger partial charge on any atom is 0.385 e. The zero-order valence-corrected chi connectivity index (χ0v) is 10.2. The molecule has 0 aromatic rings. The van der Waals surface area contributed by atoms with Gasteiger partial charge >= 0.3 is 42.0 Å². The van der Waals surface area contributed by atoms with E-state index in [0.717, 1.165) is 0 Å². The molecule has 0 N–H and O–H groups in total. The van der Waals surface area contributed by atoms with E-state index in [1.54, 1.807) is 0 Å². The van der Waals surface area contributed by atoms with Crippen molar-refractivity contribution in [2.45, 2.75) is 42.0 Å². The normalized spacial score (nSPS) is 16.0. The molecule has 0 bridgehead atoms. The Bertz CT molecular complexity index is 447. The second-order valence-corrected chi connectivity index (χ2v) is 4.05. The zero-order valence-electron chi connectivity index (χ0n) is 10.2. The van der Waals surface area contributed by atoms with Crippen LogP contribution >= 0.6 is 0 Å². The summed E-state index contributed by atoms with van der Waals surface area (Å²) >= 11 is 0. The molecule has 0 unspecified atom stereocenters. The Morgan fingerprint density at radius 1 is 0.565 bits per heavy atom. The number of halogens is 14. The summed E-state index contributed by atoms with van der Waals surface area (Å²) in [6, 6.07) is 0. The van der Waals surface area contributed by atoms with Gasteiger partial charge in [0, 0.05) is 0 Å². The first kappa shape index (κ1) is 21.8. The summed E-state index contributed by atoms with van der Waals surface area (Å²) in [5.74, 6) is -44.4. The molecule has 0 aromatic carbocycles. The van der Waals surface area contributed by atoms with E-state index in [2.05, 4.69) is 0 Å².